The number of rotatable bonds is 6. The zero-order chi connectivity index (χ0) is 19.6. The number of hydrogen-bond acceptors (Lipinski definition) is 6. The second-order valence-electron chi connectivity index (χ2n) is 7.20. The van der Waals surface area contributed by atoms with E-state index in [2.05, 4.69) is 25.1 Å². The first-order chi connectivity index (χ1) is 12.9. The predicted molar refractivity (Wildman–Crippen MR) is 109 cm³/mol. The van der Waals surface area contributed by atoms with Crippen LogP contribution in [-0.4, -0.2) is 59.2 Å². The maximum atomic E-state index is 12.9. The number of aromatic nitrogens is 2. The van der Waals surface area contributed by atoms with E-state index in [1.807, 2.05) is 20.8 Å². The van der Waals surface area contributed by atoms with Crippen molar-refractivity contribution in [2.45, 2.75) is 40.5 Å². The SMILES string of the molecule is CCc1c(C(=O)CN2CCCN(c3nc(C)cs3)CC2)[nH]c(C)c1C(C)=O. The Kier molecular flexibility index (Phi) is 6.11. The maximum absolute atomic E-state index is 12.9. The first-order valence-electron chi connectivity index (χ1n) is 9.55. The molecule has 0 bridgehead atoms. The van der Waals surface area contributed by atoms with E-state index < -0.39 is 0 Å². The lowest BCUT2D eigenvalue weighted by Gasteiger charge is -2.21. The van der Waals surface area contributed by atoms with E-state index in [-0.39, 0.29) is 11.6 Å². The number of hydrogen-bond donors (Lipinski definition) is 1. The van der Waals surface area contributed by atoms with Crippen LogP contribution in [0.5, 0.6) is 0 Å². The number of thiazole rings is 1. The Bertz CT molecular complexity index is 839. The van der Waals surface area contributed by atoms with E-state index in [0.717, 1.165) is 54.7 Å². The second kappa shape index (κ2) is 8.35. The van der Waals surface area contributed by atoms with Crippen LogP contribution in [0.3, 0.4) is 0 Å². The van der Waals surface area contributed by atoms with Gasteiger partial charge in [0, 0.05) is 42.8 Å². The number of carbonyl (C=O) groups is 2. The lowest BCUT2D eigenvalue weighted by molar-refractivity contribution is 0.0929. The summed E-state index contributed by atoms with van der Waals surface area (Å²) in [4.78, 5) is 37.2. The fourth-order valence-corrected chi connectivity index (χ4v) is 4.69. The highest BCUT2D eigenvalue weighted by molar-refractivity contribution is 7.13. The lowest BCUT2D eigenvalue weighted by Crippen LogP contribution is -2.34. The van der Waals surface area contributed by atoms with Crippen molar-refractivity contribution in [3.63, 3.8) is 0 Å². The summed E-state index contributed by atoms with van der Waals surface area (Å²) in [5.74, 6) is 0.0878. The van der Waals surface area contributed by atoms with Gasteiger partial charge in [0.2, 0.25) is 0 Å². The molecule has 0 saturated carbocycles. The molecule has 1 saturated heterocycles. The lowest BCUT2D eigenvalue weighted by atomic mass is 10.0. The van der Waals surface area contributed by atoms with E-state index in [9.17, 15) is 9.59 Å². The topological polar surface area (TPSA) is 69.3 Å². The van der Waals surface area contributed by atoms with Crippen LogP contribution in [0, 0.1) is 13.8 Å². The third-order valence-electron chi connectivity index (χ3n) is 5.11. The highest BCUT2D eigenvalue weighted by atomic mass is 32.1. The van der Waals surface area contributed by atoms with Gasteiger partial charge in [0.25, 0.3) is 0 Å². The Balaban J connectivity index is 1.68. The first kappa shape index (κ1) is 19.8. The highest BCUT2D eigenvalue weighted by Gasteiger charge is 2.24. The van der Waals surface area contributed by atoms with Crippen molar-refractivity contribution in [1.29, 1.82) is 0 Å². The number of carbonyl (C=O) groups excluding carboxylic acids is 2. The van der Waals surface area contributed by atoms with Crippen molar-refractivity contribution in [3.05, 3.63) is 33.6 Å². The molecule has 146 valence electrons. The van der Waals surface area contributed by atoms with Crippen LogP contribution in [0.4, 0.5) is 5.13 Å². The minimum Gasteiger partial charge on any atom is -0.355 e. The summed E-state index contributed by atoms with van der Waals surface area (Å²) in [5, 5.41) is 3.15. The van der Waals surface area contributed by atoms with E-state index in [0.29, 0.717) is 24.2 Å². The molecule has 0 radical (unpaired) electrons. The van der Waals surface area contributed by atoms with Crippen LogP contribution in [0.1, 0.15) is 58.1 Å². The van der Waals surface area contributed by atoms with Gasteiger partial charge in [0.05, 0.1) is 17.9 Å². The number of anilines is 1. The quantitative estimate of drug-likeness (QED) is 0.770. The van der Waals surface area contributed by atoms with Gasteiger partial charge in [-0.2, -0.15) is 0 Å². The zero-order valence-corrected chi connectivity index (χ0v) is 17.4. The van der Waals surface area contributed by atoms with Gasteiger partial charge in [-0.25, -0.2) is 4.98 Å². The average molecular weight is 389 g/mol. The van der Waals surface area contributed by atoms with Crippen molar-refractivity contribution in [1.82, 2.24) is 14.9 Å². The summed E-state index contributed by atoms with van der Waals surface area (Å²) in [6, 6.07) is 0. The first-order valence-corrected chi connectivity index (χ1v) is 10.4. The number of nitrogens with one attached hydrogen (secondary N) is 1. The van der Waals surface area contributed by atoms with E-state index >= 15 is 0 Å². The predicted octanol–water partition coefficient (Wildman–Crippen LogP) is 3.25. The fraction of sp³-hybridized carbons (Fsp3) is 0.550. The van der Waals surface area contributed by atoms with Crippen LogP contribution in [0.25, 0.3) is 0 Å². The summed E-state index contributed by atoms with van der Waals surface area (Å²) in [7, 11) is 0. The number of Topliss-reactive ketones (excluding diaryl/α,β-unsaturated/α-hetero) is 2. The second-order valence-corrected chi connectivity index (χ2v) is 8.04. The minimum atomic E-state index is 0.0174. The summed E-state index contributed by atoms with van der Waals surface area (Å²) in [6.07, 6.45) is 1.69. The molecule has 0 amide bonds. The van der Waals surface area contributed by atoms with Crippen molar-refractivity contribution >= 4 is 28.0 Å². The molecule has 1 aliphatic heterocycles. The van der Waals surface area contributed by atoms with E-state index in [4.69, 9.17) is 0 Å². The molecule has 3 heterocycles. The largest absolute Gasteiger partial charge is 0.355 e. The van der Waals surface area contributed by atoms with Crippen LogP contribution >= 0.6 is 11.3 Å². The third kappa shape index (κ3) is 4.30. The van der Waals surface area contributed by atoms with Gasteiger partial charge >= 0.3 is 0 Å². The van der Waals surface area contributed by atoms with Crippen molar-refractivity contribution in [3.8, 4) is 0 Å². The van der Waals surface area contributed by atoms with Crippen LogP contribution in [0.15, 0.2) is 5.38 Å². The monoisotopic (exact) mass is 388 g/mol. The summed E-state index contributed by atoms with van der Waals surface area (Å²) < 4.78 is 0. The molecule has 6 nitrogen and oxygen atoms in total. The number of nitrogens with zero attached hydrogens (tertiary/aromatic N) is 3. The molecule has 0 aromatic carbocycles. The minimum absolute atomic E-state index is 0.0174. The molecule has 2 aromatic rings. The molecule has 1 N–H and O–H groups in total. The molecule has 0 spiro atoms. The van der Waals surface area contributed by atoms with Crippen molar-refractivity contribution < 1.29 is 9.59 Å². The Morgan fingerprint density at radius 2 is 2.00 bits per heavy atom. The Hall–Kier alpha value is -1.99. The van der Waals surface area contributed by atoms with Gasteiger partial charge in [-0.05, 0) is 39.2 Å². The molecule has 0 unspecified atom stereocenters. The molecule has 27 heavy (non-hydrogen) atoms. The third-order valence-corrected chi connectivity index (χ3v) is 6.13. The van der Waals surface area contributed by atoms with Crippen molar-refractivity contribution in [2.75, 3.05) is 37.6 Å². The van der Waals surface area contributed by atoms with Gasteiger partial charge in [-0.1, -0.05) is 6.92 Å². The summed E-state index contributed by atoms with van der Waals surface area (Å²) in [6.45, 7) is 11.4. The molecular weight excluding hydrogens is 360 g/mol. The molecule has 1 fully saturated rings. The smallest absolute Gasteiger partial charge is 0.193 e. The molecule has 0 aliphatic carbocycles. The van der Waals surface area contributed by atoms with E-state index in [1.165, 1.54) is 0 Å². The number of H-pyrrole nitrogens is 1. The van der Waals surface area contributed by atoms with Gasteiger partial charge < -0.3 is 9.88 Å². The fourth-order valence-electron chi connectivity index (χ4n) is 3.83. The molecule has 7 heteroatoms. The van der Waals surface area contributed by atoms with Gasteiger partial charge in [0.15, 0.2) is 16.7 Å². The Morgan fingerprint density at radius 1 is 1.22 bits per heavy atom. The normalized spacial score (nSPS) is 15.8. The molecule has 0 atom stereocenters. The van der Waals surface area contributed by atoms with Crippen molar-refractivity contribution in [2.24, 2.45) is 0 Å². The number of aromatic amines is 1. The number of ketones is 2. The van der Waals surface area contributed by atoms with Gasteiger partial charge in [-0.3, -0.25) is 14.5 Å². The van der Waals surface area contributed by atoms with Crippen LogP contribution in [0.2, 0.25) is 0 Å². The van der Waals surface area contributed by atoms with Crippen LogP contribution < -0.4 is 4.90 Å². The standard InChI is InChI=1S/C20H28N4O2S/c1-5-16-18(15(4)25)14(3)22-19(16)17(26)11-23-7-6-8-24(10-9-23)20-21-13(2)12-27-20/h12,22H,5-11H2,1-4H3. The molecular formula is C20H28N4O2S. The average Bonchev–Trinajstić information content (AvgIpc) is 3.11. The summed E-state index contributed by atoms with van der Waals surface area (Å²) in [5.41, 5.74) is 4.00. The van der Waals surface area contributed by atoms with Gasteiger partial charge in [-0.15, -0.1) is 11.3 Å². The summed E-state index contributed by atoms with van der Waals surface area (Å²) >= 11 is 1.68. The Morgan fingerprint density at radius 3 is 2.63 bits per heavy atom. The molecule has 1 aliphatic rings. The number of aryl methyl sites for hydroxylation is 2. The van der Waals surface area contributed by atoms with Gasteiger partial charge in [0.1, 0.15) is 0 Å². The molecule has 2 aromatic heterocycles. The maximum Gasteiger partial charge on any atom is 0.193 e. The Labute approximate surface area is 164 Å². The zero-order valence-electron chi connectivity index (χ0n) is 16.6. The molecule has 3 rings (SSSR count). The van der Waals surface area contributed by atoms with E-state index in [1.54, 1.807) is 18.3 Å². The highest BCUT2D eigenvalue weighted by Crippen LogP contribution is 2.23. The van der Waals surface area contributed by atoms with Crippen LogP contribution in [-0.2, 0) is 6.42 Å².